The molecule has 4 aromatic rings. The first-order valence-corrected chi connectivity index (χ1v) is 14.6. The van der Waals surface area contributed by atoms with Crippen LogP contribution in [0, 0.1) is 11.7 Å². The van der Waals surface area contributed by atoms with Gasteiger partial charge in [-0.1, -0.05) is 56.3 Å². The number of carbonyl (C=O) groups is 1. The first kappa shape index (κ1) is 31.0. The molecule has 0 radical (unpaired) electrons. The van der Waals surface area contributed by atoms with Crippen LogP contribution in [0.25, 0.3) is 11.3 Å². The maximum Gasteiger partial charge on any atom is 0.416 e. The van der Waals surface area contributed by atoms with Gasteiger partial charge in [0, 0.05) is 42.7 Å². The highest BCUT2D eigenvalue weighted by Crippen LogP contribution is 2.33. The zero-order chi connectivity index (χ0) is 30.3. The number of halogens is 4. The second-order valence-electron chi connectivity index (χ2n) is 10.6. The highest BCUT2D eigenvalue weighted by atomic mass is 32.1. The fraction of sp³-hybridized carbons (Fsp3) is 0.312. The third-order valence-corrected chi connectivity index (χ3v) is 7.70. The Bertz CT molecular complexity index is 1470. The van der Waals surface area contributed by atoms with Gasteiger partial charge in [0.2, 0.25) is 0 Å². The maximum atomic E-state index is 14.3. The summed E-state index contributed by atoms with van der Waals surface area (Å²) >= 11 is 1.47. The number of alkyl halides is 3. The Kier molecular flexibility index (Phi) is 10.2. The molecule has 0 bridgehead atoms. The molecule has 222 valence electrons. The lowest BCUT2D eigenvalue weighted by molar-refractivity contribution is -0.138. The van der Waals surface area contributed by atoms with Crippen molar-refractivity contribution >= 4 is 28.1 Å². The summed E-state index contributed by atoms with van der Waals surface area (Å²) in [6, 6.07) is 17.9. The number of hydrogen-bond acceptors (Lipinski definition) is 5. The molecule has 42 heavy (non-hydrogen) atoms. The summed E-state index contributed by atoms with van der Waals surface area (Å²) in [4.78, 5) is 17.7. The Morgan fingerprint density at radius 1 is 1.02 bits per heavy atom. The highest BCUT2D eigenvalue weighted by Gasteiger charge is 2.30. The van der Waals surface area contributed by atoms with E-state index in [4.69, 9.17) is 10.1 Å². The molecule has 0 aliphatic rings. The maximum absolute atomic E-state index is 14.3. The van der Waals surface area contributed by atoms with Gasteiger partial charge in [-0.15, -0.1) is 11.3 Å². The van der Waals surface area contributed by atoms with Crippen LogP contribution in [-0.2, 0) is 30.5 Å². The van der Waals surface area contributed by atoms with Crippen LogP contribution in [0.2, 0.25) is 0 Å². The molecule has 2 N–H and O–H groups in total. The van der Waals surface area contributed by atoms with E-state index in [2.05, 4.69) is 24.1 Å². The zero-order valence-electron chi connectivity index (χ0n) is 23.4. The van der Waals surface area contributed by atoms with E-state index in [1.54, 1.807) is 12.1 Å². The molecule has 1 heterocycles. The van der Waals surface area contributed by atoms with Gasteiger partial charge in [-0.3, -0.25) is 4.79 Å². The molecular weight excluding hydrogens is 566 g/mol. The average Bonchev–Trinajstić information content (AvgIpc) is 3.44. The van der Waals surface area contributed by atoms with Gasteiger partial charge in [-0.2, -0.15) is 13.2 Å². The van der Waals surface area contributed by atoms with Gasteiger partial charge in [-0.25, -0.2) is 9.37 Å². The van der Waals surface area contributed by atoms with E-state index >= 15 is 0 Å². The summed E-state index contributed by atoms with van der Waals surface area (Å²) in [6.07, 6.45) is -3.38. The highest BCUT2D eigenvalue weighted by molar-refractivity contribution is 7.14. The Hall–Kier alpha value is -3.92. The van der Waals surface area contributed by atoms with E-state index in [0.717, 1.165) is 41.4 Å². The normalized spacial score (nSPS) is 11.6. The second-order valence-corrected chi connectivity index (χ2v) is 11.4. The summed E-state index contributed by atoms with van der Waals surface area (Å²) in [6.45, 7) is 6.22. The summed E-state index contributed by atoms with van der Waals surface area (Å²) in [5.41, 5.74) is 3.69. The van der Waals surface area contributed by atoms with Gasteiger partial charge in [0.05, 0.1) is 11.3 Å². The molecule has 0 fully saturated rings. The number of aryl methyl sites for hydroxylation is 1. The number of aliphatic carboxylic acids is 1. The van der Waals surface area contributed by atoms with E-state index < -0.39 is 23.5 Å². The van der Waals surface area contributed by atoms with Crippen molar-refractivity contribution in [1.29, 1.82) is 0 Å². The molecular formula is C32H33F4N3O2S. The van der Waals surface area contributed by atoms with Gasteiger partial charge in [-0.05, 0) is 59.7 Å². The fourth-order valence-electron chi connectivity index (χ4n) is 4.32. The minimum absolute atomic E-state index is 0.117. The number of nitrogens with one attached hydrogen (secondary N) is 1. The number of aromatic nitrogens is 1. The zero-order valence-corrected chi connectivity index (χ0v) is 24.2. The fourth-order valence-corrected chi connectivity index (χ4v) is 5.18. The van der Waals surface area contributed by atoms with Crippen molar-refractivity contribution in [3.05, 3.63) is 100 Å². The van der Waals surface area contributed by atoms with E-state index in [9.17, 15) is 22.4 Å². The molecule has 5 nitrogen and oxygen atoms in total. The van der Waals surface area contributed by atoms with Crippen LogP contribution in [0.5, 0.6) is 0 Å². The van der Waals surface area contributed by atoms with Crippen molar-refractivity contribution in [2.24, 2.45) is 5.92 Å². The number of benzene rings is 3. The number of nitrogens with zero attached hydrogens (tertiary/aromatic N) is 2. The van der Waals surface area contributed by atoms with Crippen molar-refractivity contribution in [3.8, 4) is 11.3 Å². The van der Waals surface area contributed by atoms with Crippen LogP contribution < -0.4 is 10.2 Å². The number of thiazole rings is 1. The predicted octanol–water partition coefficient (Wildman–Crippen LogP) is 8.65. The Morgan fingerprint density at radius 2 is 1.71 bits per heavy atom. The molecule has 0 amide bonds. The molecule has 4 rings (SSSR count). The van der Waals surface area contributed by atoms with Gasteiger partial charge in [0.25, 0.3) is 0 Å². The van der Waals surface area contributed by atoms with Gasteiger partial charge < -0.3 is 15.3 Å². The van der Waals surface area contributed by atoms with E-state index in [0.29, 0.717) is 41.5 Å². The van der Waals surface area contributed by atoms with Crippen LogP contribution in [0.3, 0.4) is 0 Å². The van der Waals surface area contributed by atoms with Gasteiger partial charge >= 0.3 is 12.1 Å². The lowest BCUT2D eigenvalue weighted by atomic mass is 10.1. The number of anilines is 2. The predicted molar refractivity (Wildman–Crippen MR) is 159 cm³/mol. The van der Waals surface area contributed by atoms with E-state index in [1.807, 2.05) is 29.6 Å². The summed E-state index contributed by atoms with van der Waals surface area (Å²) in [5.74, 6) is -0.897. The summed E-state index contributed by atoms with van der Waals surface area (Å²) < 4.78 is 53.2. The average molecular weight is 600 g/mol. The molecule has 3 aromatic carbocycles. The standard InChI is InChI=1S/C32H33F4N3O2S/c1-21(2)15-16-39(31-38-29(20-42-31)25-7-11-26(12-8-25)32(34,35)36)19-23-5-3-22(4-6-23)18-37-27-13-9-24(28(33)17-27)10-14-30(40)41/h3-9,11-13,17,20-21,37H,10,14-16,18-19H2,1-2H3,(H,40,41). The number of carboxylic acid groups (broad SMARTS) is 1. The third-order valence-electron chi connectivity index (χ3n) is 6.80. The molecule has 0 unspecified atom stereocenters. The SMILES string of the molecule is CC(C)CCN(Cc1ccc(CNc2ccc(CCC(=O)O)c(F)c2)cc1)c1nc(-c2ccc(C(F)(F)F)cc2)cs1. The number of hydrogen-bond donors (Lipinski definition) is 2. The first-order valence-electron chi connectivity index (χ1n) is 13.7. The minimum Gasteiger partial charge on any atom is -0.481 e. The monoisotopic (exact) mass is 599 g/mol. The van der Waals surface area contributed by atoms with E-state index in [1.165, 1.54) is 29.5 Å². The minimum atomic E-state index is -4.38. The van der Waals surface area contributed by atoms with Crippen molar-refractivity contribution < 1.29 is 27.5 Å². The molecule has 0 atom stereocenters. The van der Waals surface area contributed by atoms with Crippen LogP contribution in [0.4, 0.5) is 28.4 Å². The lowest BCUT2D eigenvalue weighted by Crippen LogP contribution is -2.24. The Balaban J connectivity index is 1.40. The molecule has 10 heteroatoms. The molecule has 0 aliphatic carbocycles. The Labute approximate surface area is 246 Å². The quantitative estimate of drug-likeness (QED) is 0.151. The van der Waals surface area contributed by atoms with Crippen LogP contribution >= 0.6 is 11.3 Å². The lowest BCUT2D eigenvalue weighted by Gasteiger charge is -2.23. The largest absolute Gasteiger partial charge is 0.481 e. The van der Waals surface area contributed by atoms with Crippen molar-refractivity contribution in [3.63, 3.8) is 0 Å². The summed E-state index contributed by atoms with van der Waals surface area (Å²) in [5, 5.41) is 14.7. The molecule has 0 aliphatic heterocycles. The molecule has 1 aromatic heterocycles. The van der Waals surface area contributed by atoms with Gasteiger partial charge in [0.15, 0.2) is 5.13 Å². The molecule has 0 saturated carbocycles. The molecule has 0 spiro atoms. The first-order chi connectivity index (χ1) is 20.0. The Morgan fingerprint density at radius 3 is 2.33 bits per heavy atom. The summed E-state index contributed by atoms with van der Waals surface area (Å²) in [7, 11) is 0. The van der Waals surface area contributed by atoms with Crippen molar-refractivity contribution in [2.45, 2.75) is 52.4 Å². The van der Waals surface area contributed by atoms with E-state index in [-0.39, 0.29) is 12.8 Å². The number of rotatable bonds is 13. The smallest absolute Gasteiger partial charge is 0.416 e. The number of carboxylic acids is 1. The topological polar surface area (TPSA) is 65.5 Å². The second kappa shape index (κ2) is 13.8. The van der Waals surface area contributed by atoms with Crippen molar-refractivity contribution in [2.75, 3.05) is 16.8 Å². The van der Waals surface area contributed by atoms with Crippen LogP contribution in [0.15, 0.2) is 72.1 Å². The van der Waals surface area contributed by atoms with Gasteiger partial charge in [0.1, 0.15) is 5.82 Å². The molecule has 0 saturated heterocycles. The third kappa shape index (κ3) is 8.79. The van der Waals surface area contributed by atoms with Crippen LogP contribution in [-0.4, -0.2) is 22.6 Å². The van der Waals surface area contributed by atoms with Crippen LogP contribution in [0.1, 0.15) is 48.9 Å². The van der Waals surface area contributed by atoms with Crippen molar-refractivity contribution in [1.82, 2.24) is 4.98 Å².